The number of ether oxygens (including phenoxy) is 2. The van der Waals surface area contributed by atoms with Crippen molar-refractivity contribution in [3.63, 3.8) is 0 Å². The van der Waals surface area contributed by atoms with E-state index in [1.807, 2.05) is 48.5 Å². The van der Waals surface area contributed by atoms with Gasteiger partial charge in [-0.1, -0.05) is 42.5 Å². The summed E-state index contributed by atoms with van der Waals surface area (Å²) in [5, 5.41) is 1.96. The molecular weight excluding hydrogens is 432 g/mol. The number of hydrogen-bond donors (Lipinski definition) is 0. The lowest BCUT2D eigenvalue weighted by atomic mass is 10.1. The molecule has 0 fully saturated rings. The molecule has 0 amide bonds. The number of fused-ring (bicyclic) bond motifs is 1. The van der Waals surface area contributed by atoms with Crippen molar-refractivity contribution in [2.75, 3.05) is 7.11 Å². The number of ketones is 1. The van der Waals surface area contributed by atoms with Gasteiger partial charge in [0.15, 0.2) is 11.5 Å². The highest BCUT2D eigenvalue weighted by atomic mass is 17.2. The van der Waals surface area contributed by atoms with E-state index >= 15 is 0 Å². The predicted octanol–water partition coefficient (Wildman–Crippen LogP) is 5.92. The van der Waals surface area contributed by atoms with Crippen LogP contribution in [-0.2, 0) is 22.8 Å². The molecule has 0 bridgehead atoms. The van der Waals surface area contributed by atoms with Crippen LogP contribution in [0.3, 0.4) is 0 Å². The Kier molecular flexibility index (Phi) is 7.20. The number of hydrogen-bond acceptors (Lipinski definition) is 6. The van der Waals surface area contributed by atoms with E-state index in [0.717, 1.165) is 21.9 Å². The van der Waals surface area contributed by atoms with Gasteiger partial charge in [-0.25, -0.2) is 4.79 Å². The first-order chi connectivity index (χ1) is 16.5. The summed E-state index contributed by atoms with van der Waals surface area (Å²) in [7, 11) is 1.58. The molecule has 0 aliphatic heterocycles. The van der Waals surface area contributed by atoms with Crippen molar-refractivity contribution in [1.82, 2.24) is 0 Å². The summed E-state index contributed by atoms with van der Waals surface area (Å²) in [5.74, 6) is 0.896. The van der Waals surface area contributed by atoms with Crippen LogP contribution in [0.15, 0.2) is 84.9 Å². The van der Waals surface area contributed by atoms with Crippen molar-refractivity contribution in [2.24, 2.45) is 0 Å². The van der Waals surface area contributed by atoms with Gasteiger partial charge in [0.25, 0.3) is 0 Å². The predicted molar refractivity (Wildman–Crippen MR) is 128 cm³/mol. The van der Waals surface area contributed by atoms with E-state index in [4.69, 9.17) is 19.2 Å². The van der Waals surface area contributed by atoms with Crippen molar-refractivity contribution in [3.8, 4) is 11.5 Å². The molecule has 34 heavy (non-hydrogen) atoms. The zero-order valence-corrected chi connectivity index (χ0v) is 18.9. The minimum absolute atomic E-state index is 0.0263. The SMILES string of the molecule is COc1ccc(C(=O)OCc2ccc3cc(OOCc4ccc(C(C)=O)cc4)ccc3c2)cc1. The van der Waals surface area contributed by atoms with Crippen LogP contribution >= 0.6 is 0 Å². The minimum atomic E-state index is -0.389. The Morgan fingerprint density at radius 1 is 0.676 bits per heavy atom. The van der Waals surface area contributed by atoms with Gasteiger partial charge in [-0.2, -0.15) is 4.89 Å². The summed E-state index contributed by atoms with van der Waals surface area (Å²) >= 11 is 0. The van der Waals surface area contributed by atoms with Gasteiger partial charge in [-0.3, -0.25) is 4.79 Å². The average Bonchev–Trinajstić information content (AvgIpc) is 2.87. The molecule has 0 radical (unpaired) electrons. The number of methoxy groups -OCH3 is 1. The number of esters is 1. The summed E-state index contributed by atoms with van der Waals surface area (Å²) in [5.41, 5.74) is 2.92. The quantitative estimate of drug-likeness (QED) is 0.135. The molecule has 0 spiro atoms. The lowest BCUT2D eigenvalue weighted by Gasteiger charge is -2.09. The van der Waals surface area contributed by atoms with E-state index in [0.29, 0.717) is 22.6 Å². The zero-order chi connectivity index (χ0) is 23.9. The maximum absolute atomic E-state index is 12.3. The maximum Gasteiger partial charge on any atom is 0.338 e. The zero-order valence-electron chi connectivity index (χ0n) is 18.9. The van der Waals surface area contributed by atoms with E-state index in [9.17, 15) is 9.59 Å². The van der Waals surface area contributed by atoms with Crippen molar-refractivity contribution in [1.29, 1.82) is 0 Å². The topological polar surface area (TPSA) is 71.1 Å². The Hall–Kier alpha value is -4.16. The molecule has 4 aromatic rings. The Labute approximate surface area is 197 Å². The highest BCUT2D eigenvalue weighted by Gasteiger charge is 2.08. The third-order valence-corrected chi connectivity index (χ3v) is 5.31. The highest BCUT2D eigenvalue weighted by molar-refractivity contribution is 5.94. The van der Waals surface area contributed by atoms with E-state index in [1.165, 1.54) is 6.92 Å². The lowest BCUT2D eigenvalue weighted by Crippen LogP contribution is -2.05. The number of carbonyl (C=O) groups excluding carboxylic acids is 2. The lowest BCUT2D eigenvalue weighted by molar-refractivity contribution is -0.217. The van der Waals surface area contributed by atoms with E-state index < -0.39 is 0 Å². The smallest absolute Gasteiger partial charge is 0.338 e. The second-order valence-corrected chi connectivity index (χ2v) is 7.75. The maximum atomic E-state index is 12.3. The van der Waals surface area contributed by atoms with Crippen LogP contribution < -0.4 is 9.62 Å². The van der Waals surface area contributed by atoms with Crippen LogP contribution in [0.2, 0.25) is 0 Å². The van der Waals surface area contributed by atoms with Gasteiger partial charge in [0.05, 0.1) is 12.7 Å². The fraction of sp³-hybridized carbons (Fsp3) is 0.143. The number of Topliss-reactive ketones (excluding diaryl/α,β-unsaturated/α-hetero) is 1. The summed E-state index contributed by atoms with van der Waals surface area (Å²) < 4.78 is 10.5. The molecule has 0 heterocycles. The van der Waals surface area contributed by atoms with Crippen LogP contribution in [0.25, 0.3) is 10.8 Å². The van der Waals surface area contributed by atoms with Gasteiger partial charge < -0.3 is 14.4 Å². The van der Waals surface area contributed by atoms with Gasteiger partial charge in [0.1, 0.15) is 19.0 Å². The van der Waals surface area contributed by atoms with Gasteiger partial charge in [-0.05, 0) is 71.3 Å². The number of carbonyl (C=O) groups is 2. The first kappa shape index (κ1) is 23.0. The number of rotatable bonds is 9. The number of benzene rings is 4. The van der Waals surface area contributed by atoms with E-state index in [2.05, 4.69) is 0 Å². The van der Waals surface area contributed by atoms with Crippen LogP contribution in [-0.4, -0.2) is 18.9 Å². The summed E-state index contributed by atoms with van der Waals surface area (Å²) in [6.07, 6.45) is 0. The summed E-state index contributed by atoms with van der Waals surface area (Å²) in [6, 6.07) is 25.4. The van der Waals surface area contributed by atoms with Gasteiger partial charge in [-0.15, -0.1) is 0 Å². The Balaban J connectivity index is 1.32. The third kappa shape index (κ3) is 5.79. The normalized spacial score (nSPS) is 10.6. The molecule has 4 aromatic carbocycles. The fourth-order valence-electron chi connectivity index (χ4n) is 3.38. The molecule has 0 N–H and O–H groups in total. The van der Waals surface area contributed by atoms with Crippen molar-refractivity contribution < 1.29 is 28.8 Å². The third-order valence-electron chi connectivity index (χ3n) is 5.31. The molecule has 0 atom stereocenters. The molecule has 0 saturated heterocycles. The van der Waals surface area contributed by atoms with Crippen LogP contribution in [0, 0.1) is 0 Å². The first-order valence-electron chi connectivity index (χ1n) is 10.7. The molecule has 0 saturated carbocycles. The van der Waals surface area contributed by atoms with Crippen molar-refractivity contribution in [3.05, 3.63) is 107 Å². The summed E-state index contributed by atoms with van der Waals surface area (Å²) in [6.45, 7) is 1.96. The second-order valence-electron chi connectivity index (χ2n) is 7.75. The van der Waals surface area contributed by atoms with Gasteiger partial charge >= 0.3 is 5.97 Å². The molecular formula is C28H24O6. The van der Waals surface area contributed by atoms with E-state index in [-0.39, 0.29) is 25.0 Å². The molecule has 0 aliphatic rings. The molecule has 172 valence electrons. The van der Waals surface area contributed by atoms with Gasteiger partial charge in [0.2, 0.25) is 0 Å². The molecule has 4 rings (SSSR count). The van der Waals surface area contributed by atoms with Crippen molar-refractivity contribution >= 4 is 22.5 Å². The molecule has 6 heteroatoms. The Morgan fingerprint density at radius 3 is 2.00 bits per heavy atom. The monoisotopic (exact) mass is 456 g/mol. The summed E-state index contributed by atoms with van der Waals surface area (Å²) in [4.78, 5) is 34.4. The minimum Gasteiger partial charge on any atom is -0.497 e. The fourth-order valence-corrected chi connectivity index (χ4v) is 3.38. The van der Waals surface area contributed by atoms with Gasteiger partial charge in [0, 0.05) is 5.56 Å². The van der Waals surface area contributed by atoms with E-state index in [1.54, 1.807) is 43.5 Å². The molecule has 0 unspecified atom stereocenters. The van der Waals surface area contributed by atoms with Crippen LogP contribution in [0.5, 0.6) is 11.5 Å². The van der Waals surface area contributed by atoms with Crippen LogP contribution in [0.4, 0.5) is 0 Å². The standard InChI is InChI=1S/C28H24O6/c1-19(29)22-6-3-20(4-7-22)18-33-34-27-14-11-24-15-21(5-8-25(24)16-27)17-32-28(30)23-9-12-26(31-2)13-10-23/h3-16H,17-18H2,1-2H3. The van der Waals surface area contributed by atoms with Crippen LogP contribution in [0.1, 0.15) is 38.8 Å². The average molecular weight is 456 g/mol. The molecule has 6 nitrogen and oxygen atoms in total. The van der Waals surface area contributed by atoms with Crippen molar-refractivity contribution in [2.45, 2.75) is 20.1 Å². The Bertz CT molecular complexity index is 1290. The Morgan fingerprint density at radius 2 is 1.29 bits per heavy atom. The molecule has 0 aliphatic carbocycles. The second kappa shape index (κ2) is 10.6. The largest absolute Gasteiger partial charge is 0.497 e. The molecule has 0 aromatic heterocycles. The highest BCUT2D eigenvalue weighted by Crippen LogP contribution is 2.23. The first-order valence-corrected chi connectivity index (χ1v) is 10.7.